The fraction of sp³-hybridized carbons (Fsp3) is 0.524. The molecule has 1 rings (SSSR count). The molecular formula is C21H31NO3. The minimum Gasteiger partial charge on any atom is -0.444 e. The number of carbonyl (C=O) groups is 2. The van der Waals surface area contributed by atoms with Crippen molar-refractivity contribution in [1.82, 2.24) is 5.32 Å². The van der Waals surface area contributed by atoms with Gasteiger partial charge in [-0.05, 0) is 45.1 Å². The standard InChI is InChI=1S/C21H31NO3/c1-16(2)13-19(22-20(24)25-21(3,4)5)12-11-18(15-23)14-17-9-7-6-8-10-17/h6-12,15-16,18-19H,13-14H2,1-5H3,(H,22,24)/b12-11+/t18-,19-/m1/s1. The SMILES string of the molecule is CC(C)C[C@@H](/C=C/[C@@H](C=O)Cc1ccccc1)NC(=O)OC(C)(C)C. The lowest BCUT2D eigenvalue weighted by Crippen LogP contribution is -2.39. The molecule has 4 heteroatoms. The summed E-state index contributed by atoms with van der Waals surface area (Å²) in [6.45, 7) is 9.70. The van der Waals surface area contributed by atoms with E-state index in [-0.39, 0.29) is 12.0 Å². The largest absolute Gasteiger partial charge is 0.444 e. The Hall–Kier alpha value is -2.10. The van der Waals surface area contributed by atoms with Crippen LogP contribution >= 0.6 is 0 Å². The van der Waals surface area contributed by atoms with E-state index in [4.69, 9.17) is 4.74 Å². The molecule has 25 heavy (non-hydrogen) atoms. The van der Waals surface area contributed by atoms with E-state index >= 15 is 0 Å². The molecule has 0 bridgehead atoms. The average Bonchev–Trinajstić information content (AvgIpc) is 2.49. The summed E-state index contributed by atoms with van der Waals surface area (Å²) < 4.78 is 5.33. The molecule has 1 amide bonds. The molecule has 0 saturated carbocycles. The van der Waals surface area contributed by atoms with Crippen LogP contribution in [-0.2, 0) is 16.0 Å². The predicted molar refractivity (Wildman–Crippen MR) is 101 cm³/mol. The van der Waals surface area contributed by atoms with Crippen molar-refractivity contribution in [2.75, 3.05) is 0 Å². The summed E-state index contributed by atoms with van der Waals surface area (Å²) >= 11 is 0. The first-order valence-corrected chi connectivity index (χ1v) is 8.86. The molecule has 0 aliphatic carbocycles. The Balaban J connectivity index is 2.72. The van der Waals surface area contributed by atoms with Gasteiger partial charge in [-0.25, -0.2) is 4.79 Å². The number of amides is 1. The van der Waals surface area contributed by atoms with Crippen molar-refractivity contribution >= 4 is 12.4 Å². The van der Waals surface area contributed by atoms with Crippen LogP contribution in [0.5, 0.6) is 0 Å². The topological polar surface area (TPSA) is 55.4 Å². The van der Waals surface area contributed by atoms with E-state index in [9.17, 15) is 9.59 Å². The van der Waals surface area contributed by atoms with Crippen LogP contribution in [0.2, 0.25) is 0 Å². The normalized spacial score (nSPS) is 14.3. The molecule has 2 atom stereocenters. The molecule has 0 radical (unpaired) electrons. The maximum absolute atomic E-state index is 12.0. The number of rotatable bonds is 8. The lowest BCUT2D eigenvalue weighted by molar-refractivity contribution is -0.109. The summed E-state index contributed by atoms with van der Waals surface area (Å²) in [5, 5.41) is 2.88. The molecule has 0 unspecified atom stereocenters. The van der Waals surface area contributed by atoms with Gasteiger partial charge in [0.2, 0.25) is 0 Å². The highest BCUT2D eigenvalue weighted by atomic mass is 16.6. The van der Waals surface area contributed by atoms with Gasteiger partial charge in [-0.15, -0.1) is 0 Å². The molecular weight excluding hydrogens is 314 g/mol. The number of carbonyl (C=O) groups excluding carboxylic acids is 2. The Morgan fingerprint density at radius 1 is 1.16 bits per heavy atom. The van der Waals surface area contributed by atoms with E-state index < -0.39 is 11.7 Å². The fourth-order valence-corrected chi connectivity index (χ4v) is 2.48. The quantitative estimate of drug-likeness (QED) is 0.556. The summed E-state index contributed by atoms with van der Waals surface area (Å²) in [5.74, 6) is 0.200. The number of hydrogen-bond acceptors (Lipinski definition) is 3. The van der Waals surface area contributed by atoms with Gasteiger partial charge in [0.1, 0.15) is 11.9 Å². The Morgan fingerprint density at radius 2 is 1.80 bits per heavy atom. The minimum absolute atomic E-state index is 0.159. The van der Waals surface area contributed by atoms with Crippen molar-refractivity contribution in [2.45, 2.75) is 59.1 Å². The monoisotopic (exact) mass is 345 g/mol. The number of alkyl carbamates (subject to hydrolysis) is 1. The summed E-state index contributed by atoms with van der Waals surface area (Å²) in [6.07, 6.45) is 5.74. The first kappa shape index (κ1) is 20.9. The molecule has 0 spiro atoms. The van der Waals surface area contributed by atoms with E-state index in [1.165, 1.54) is 0 Å². The van der Waals surface area contributed by atoms with Crippen molar-refractivity contribution in [3.63, 3.8) is 0 Å². The van der Waals surface area contributed by atoms with E-state index in [1.54, 1.807) is 0 Å². The van der Waals surface area contributed by atoms with Crippen LogP contribution in [0.3, 0.4) is 0 Å². The van der Waals surface area contributed by atoms with Crippen LogP contribution in [0.15, 0.2) is 42.5 Å². The molecule has 0 saturated heterocycles. The lowest BCUT2D eigenvalue weighted by Gasteiger charge is -2.23. The molecule has 138 valence electrons. The van der Waals surface area contributed by atoms with Crippen molar-refractivity contribution in [2.24, 2.45) is 11.8 Å². The molecule has 0 aliphatic heterocycles. The summed E-state index contributed by atoms with van der Waals surface area (Å²) in [4.78, 5) is 23.4. The third-order valence-corrected chi connectivity index (χ3v) is 3.51. The smallest absolute Gasteiger partial charge is 0.408 e. The Kier molecular flexibility index (Phi) is 8.39. The van der Waals surface area contributed by atoms with Crippen LogP contribution in [0, 0.1) is 11.8 Å². The van der Waals surface area contributed by atoms with Gasteiger partial charge in [-0.3, -0.25) is 0 Å². The van der Waals surface area contributed by atoms with Crippen LogP contribution in [0.25, 0.3) is 0 Å². The van der Waals surface area contributed by atoms with E-state index in [0.29, 0.717) is 12.3 Å². The zero-order valence-corrected chi connectivity index (χ0v) is 16.0. The van der Waals surface area contributed by atoms with Gasteiger partial charge in [-0.2, -0.15) is 0 Å². The Morgan fingerprint density at radius 3 is 2.32 bits per heavy atom. The Labute approximate surface area is 151 Å². The fourth-order valence-electron chi connectivity index (χ4n) is 2.48. The van der Waals surface area contributed by atoms with Crippen molar-refractivity contribution in [1.29, 1.82) is 0 Å². The zero-order chi connectivity index (χ0) is 18.9. The average molecular weight is 345 g/mol. The van der Waals surface area contributed by atoms with Crippen molar-refractivity contribution in [3.8, 4) is 0 Å². The highest BCUT2D eigenvalue weighted by molar-refractivity contribution is 5.68. The van der Waals surface area contributed by atoms with Crippen LogP contribution in [0.1, 0.15) is 46.6 Å². The van der Waals surface area contributed by atoms with Gasteiger partial charge in [0.05, 0.1) is 6.04 Å². The molecule has 1 N–H and O–H groups in total. The first-order valence-electron chi connectivity index (χ1n) is 8.86. The van der Waals surface area contributed by atoms with Crippen molar-refractivity contribution < 1.29 is 14.3 Å². The third kappa shape index (κ3) is 9.70. The maximum atomic E-state index is 12.0. The van der Waals surface area contributed by atoms with Gasteiger partial charge in [-0.1, -0.05) is 56.3 Å². The second-order valence-electron chi connectivity index (χ2n) is 7.76. The molecule has 1 aromatic rings. The molecule has 0 aromatic heterocycles. The second kappa shape index (κ2) is 10.0. The molecule has 0 heterocycles. The van der Waals surface area contributed by atoms with Crippen molar-refractivity contribution in [3.05, 3.63) is 48.0 Å². The highest BCUT2D eigenvalue weighted by Gasteiger charge is 2.19. The van der Waals surface area contributed by atoms with Crippen LogP contribution in [0.4, 0.5) is 4.79 Å². The van der Waals surface area contributed by atoms with E-state index in [1.807, 2.05) is 63.3 Å². The highest BCUT2D eigenvalue weighted by Crippen LogP contribution is 2.13. The molecule has 0 fully saturated rings. The van der Waals surface area contributed by atoms with Crippen LogP contribution < -0.4 is 5.32 Å². The summed E-state index contributed by atoms with van der Waals surface area (Å²) in [6, 6.07) is 9.75. The first-order chi connectivity index (χ1) is 11.7. The van der Waals surface area contributed by atoms with Gasteiger partial charge < -0.3 is 14.8 Å². The van der Waals surface area contributed by atoms with Gasteiger partial charge in [0, 0.05) is 5.92 Å². The maximum Gasteiger partial charge on any atom is 0.408 e. The number of benzene rings is 1. The van der Waals surface area contributed by atoms with Gasteiger partial charge in [0.15, 0.2) is 0 Å². The second-order valence-corrected chi connectivity index (χ2v) is 7.76. The third-order valence-electron chi connectivity index (χ3n) is 3.51. The van der Waals surface area contributed by atoms with Gasteiger partial charge >= 0.3 is 6.09 Å². The van der Waals surface area contributed by atoms with Gasteiger partial charge in [0.25, 0.3) is 0 Å². The number of allylic oxidation sites excluding steroid dienone is 1. The zero-order valence-electron chi connectivity index (χ0n) is 16.0. The number of nitrogens with one attached hydrogen (secondary N) is 1. The van der Waals surface area contributed by atoms with E-state index in [0.717, 1.165) is 18.3 Å². The molecule has 4 nitrogen and oxygen atoms in total. The lowest BCUT2D eigenvalue weighted by atomic mass is 9.97. The Bertz CT molecular complexity index is 558. The predicted octanol–water partition coefficient (Wildman–Crippen LogP) is 4.54. The number of ether oxygens (including phenoxy) is 1. The number of hydrogen-bond donors (Lipinski definition) is 1. The molecule has 0 aliphatic rings. The summed E-state index contributed by atoms with van der Waals surface area (Å²) in [7, 11) is 0. The minimum atomic E-state index is -0.533. The van der Waals surface area contributed by atoms with E-state index in [2.05, 4.69) is 19.2 Å². The molecule has 1 aromatic carbocycles. The summed E-state index contributed by atoms with van der Waals surface area (Å²) in [5.41, 5.74) is 0.583. The van der Waals surface area contributed by atoms with Crippen LogP contribution in [-0.4, -0.2) is 24.0 Å². The number of aldehydes is 1.